The number of halogens is 1. The fourth-order valence-corrected chi connectivity index (χ4v) is 4.08. The van der Waals surface area contributed by atoms with Crippen LogP contribution in [-0.2, 0) is 0 Å². The summed E-state index contributed by atoms with van der Waals surface area (Å²) in [5.41, 5.74) is 3.32. The summed E-state index contributed by atoms with van der Waals surface area (Å²) >= 11 is 7.00. The molecule has 138 valence electrons. The minimum absolute atomic E-state index is 0.318. The summed E-state index contributed by atoms with van der Waals surface area (Å²) in [6, 6.07) is 31.9. The van der Waals surface area contributed by atoms with Gasteiger partial charge in [0.1, 0.15) is 5.75 Å². The first-order valence-corrected chi connectivity index (χ1v) is 10.1. The van der Waals surface area contributed by atoms with Crippen LogP contribution in [0.3, 0.4) is 0 Å². The van der Waals surface area contributed by atoms with Crippen molar-refractivity contribution in [3.8, 4) is 16.9 Å². The van der Waals surface area contributed by atoms with Crippen molar-refractivity contribution in [3.05, 3.63) is 112 Å². The Morgan fingerprint density at radius 2 is 1.36 bits per heavy atom. The molecular weight excluding hydrogens is 388 g/mol. The molecule has 0 saturated heterocycles. The third kappa shape index (κ3) is 4.16. The van der Waals surface area contributed by atoms with E-state index in [-0.39, 0.29) is 6.10 Å². The van der Waals surface area contributed by atoms with Gasteiger partial charge in [-0.1, -0.05) is 72.8 Å². The van der Waals surface area contributed by atoms with Gasteiger partial charge in [-0.2, -0.15) is 0 Å². The molecule has 0 fully saturated rings. The molecule has 1 atom stereocenters. The van der Waals surface area contributed by atoms with E-state index in [4.69, 9.17) is 16.3 Å². The van der Waals surface area contributed by atoms with E-state index in [0.29, 0.717) is 4.88 Å². The second kappa shape index (κ2) is 8.42. The van der Waals surface area contributed by atoms with Crippen LogP contribution < -0.4 is 4.74 Å². The van der Waals surface area contributed by atoms with E-state index in [1.165, 1.54) is 16.9 Å². The summed E-state index contributed by atoms with van der Waals surface area (Å²) in [5, 5.41) is -0.450. The lowest BCUT2D eigenvalue weighted by Crippen LogP contribution is -2.07. The van der Waals surface area contributed by atoms with Crippen LogP contribution in [0.2, 0.25) is 0 Å². The molecule has 0 aliphatic carbocycles. The van der Waals surface area contributed by atoms with Crippen LogP contribution in [-0.4, -0.2) is 5.24 Å². The van der Waals surface area contributed by atoms with Crippen LogP contribution in [0.4, 0.5) is 0 Å². The molecule has 3 aromatic carbocycles. The molecule has 0 amide bonds. The van der Waals surface area contributed by atoms with Crippen molar-refractivity contribution in [2.45, 2.75) is 6.10 Å². The summed E-state index contributed by atoms with van der Waals surface area (Å²) in [7, 11) is 0. The highest BCUT2D eigenvalue weighted by Crippen LogP contribution is 2.34. The van der Waals surface area contributed by atoms with Crippen LogP contribution in [0, 0.1) is 0 Å². The molecule has 4 rings (SSSR count). The van der Waals surface area contributed by atoms with Crippen LogP contribution >= 0.6 is 22.9 Å². The molecule has 2 nitrogen and oxygen atoms in total. The van der Waals surface area contributed by atoms with E-state index in [1.807, 2.05) is 54.6 Å². The average molecular weight is 405 g/mol. The number of hydrogen-bond acceptors (Lipinski definition) is 3. The topological polar surface area (TPSA) is 26.3 Å². The summed E-state index contributed by atoms with van der Waals surface area (Å²) in [6.45, 7) is 0. The fraction of sp³-hybridized carbons (Fsp3) is 0.0417. The third-order valence-electron chi connectivity index (χ3n) is 4.40. The lowest BCUT2D eigenvalue weighted by atomic mass is 10.0. The van der Waals surface area contributed by atoms with Gasteiger partial charge in [-0.3, -0.25) is 4.79 Å². The summed E-state index contributed by atoms with van der Waals surface area (Å²) in [4.78, 5) is 13.0. The predicted octanol–water partition coefficient (Wildman–Crippen LogP) is 6.96. The maximum Gasteiger partial charge on any atom is 0.262 e. The summed E-state index contributed by atoms with van der Waals surface area (Å²) in [6.07, 6.45) is -0.318. The minimum Gasteiger partial charge on any atom is -0.480 e. The largest absolute Gasteiger partial charge is 0.480 e. The number of ether oxygens (including phenoxy) is 1. The molecule has 0 saturated carbocycles. The van der Waals surface area contributed by atoms with E-state index in [0.717, 1.165) is 21.8 Å². The molecule has 1 unspecified atom stereocenters. The molecule has 0 aliphatic heterocycles. The van der Waals surface area contributed by atoms with Gasteiger partial charge in [0.05, 0.1) is 9.75 Å². The molecule has 0 N–H and O–H groups in total. The molecule has 28 heavy (non-hydrogen) atoms. The van der Waals surface area contributed by atoms with Crippen molar-refractivity contribution in [1.29, 1.82) is 0 Å². The number of hydrogen-bond donors (Lipinski definition) is 0. The number of rotatable bonds is 6. The number of thiophene rings is 1. The Balaban J connectivity index is 1.69. The van der Waals surface area contributed by atoms with E-state index in [1.54, 1.807) is 6.07 Å². The fourth-order valence-electron chi connectivity index (χ4n) is 3.01. The molecule has 0 aliphatic rings. The Labute approximate surface area is 173 Å². The number of carbonyl (C=O) groups excluding carboxylic acids is 1. The quantitative estimate of drug-likeness (QED) is 0.324. The molecular formula is C24H17ClO2S. The van der Waals surface area contributed by atoms with Crippen LogP contribution in [0.5, 0.6) is 5.75 Å². The van der Waals surface area contributed by atoms with E-state index >= 15 is 0 Å². The first-order chi connectivity index (χ1) is 13.7. The maximum atomic E-state index is 11.5. The van der Waals surface area contributed by atoms with Crippen molar-refractivity contribution in [1.82, 2.24) is 0 Å². The molecule has 4 aromatic rings. The van der Waals surface area contributed by atoms with Gasteiger partial charge in [0.25, 0.3) is 5.24 Å². The van der Waals surface area contributed by atoms with E-state index in [9.17, 15) is 4.79 Å². The third-order valence-corrected chi connectivity index (χ3v) is 5.84. The zero-order valence-electron chi connectivity index (χ0n) is 14.9. The zero-order chi connectivity index (χ0) is 19.3. The van der Waals surface area contributed by atoms with Gasteiger partial charge in [-0.25, -0.2) is 0 Å². The Bertz CT molecular complexity index is 1060. The number of benzene rings is 3. The molecule has 4 heteroatoms. The van der Waals surface area contributed by atoms with Crippen LogP contribution in [0.25, 0.3) is 11.1 Å². The van der Waals surface area contributed by atoms with E-state index in [2.05, 4.69) is 36.4 Å². The Morgan fingerprint density at radius 3 is 1.96 bits per heavy atom. The van der Waals surface area contributed by atoms with Gasteiger partial charge >= 0.3 is 0 Å². The van der Waals surface area contributed by atoms with E-state index < -0.39 is 5.24 Å². The Kier molecular flexibility index (Phi) is 5.56. The van der Waals surface area contributed by atoms with Crippen molar-refractivity contribution in [3.63, 3.8) is 0 Å². The molecule has 1 aromatic heterocycles. The monoisotopic (exact) mass is 404 g/mol. The van der Waals surface area contributed by atoms with Crippen molar-refractivity contribution >= 4 is 28.2 Å². The molecule has 0 bridgehead atoms. The van der Waals surface area contributed by atoms with Gasteiger partial charge in [-0.05, 0) is 52.6 Å². The predicted molar refractivity (Wildman–Crippen MR) is 115 cm³/mol. The second-order valence-electron chi connectivity index (χ2n) is 6.27. The highest BCUT2D eigenvalue weighted by molar-refractivity contribution is 7.15. The summed E-state index contributed by atoms with van der Waals surface area (Å²) in [5.74, 6) is 0.770. The SMILES string of the molecule is O=C(Cl)c1ccc(C(Oc2ccccc2)c2ccc(-c3ccccc3)cc2)s1. The van der Waals surface area contributed by atoms with Crippen molar-refractivity contribution < 1.29 is 9.53 Å². The zero-order valence-corrected chi connectivity index (χ0v) is 16.5. The van der Waals surface area contributed by atoms with Crippen LogP contribution in [0.1, 0.15) is 26.2 Å². The lowest BCUT2D eigenvalue weighted by Gasteiger charge is -2.19. The number of para-hydroxylation sites is 1. The lowest BCUT2D eigenvalue weighted by molar-refractivity contribution is 0.108. The molecule has 1 heterocycles. The highest BCUT2D eigenvalue weighted by atomic mass is 35.5. The standard InChI is InChI=1S/C24H17ClO2S/c25-24(26)22-16-15-21(28-22)23(27-20-9-5-2-6-10-20)19-13-11-18(12-14-19)17-7-3-1-4-8-17/h1-16,23H. The van der Waals surface area contributed by atoms with Gasteiger partial charge in [0.2, 0.25) is 0 Å². The Hall–Kier alpha value is -2.88. The van der Waals surface area contributed by atoms with Crippen molar-refractivity contribution in [2.75, 3.05) is 0 Å². The van der Waals surface area contributed by atoms with Gasteiger partial charge in [0.15, 0.2) is 6.10 Å². The van der Waals surface area contributed by atoms with Gasteiger partial charge < -0.3 is 4.74 Å². The smallest absolute Gasteiger partial charge is 0.262 e. The average Bonchev–Trinajstić information content (AvgIpc) is 3.24. The Morgan fingerprint density at radius 1 is 0.750 bits per heavy atom. The van der Waals surface area contributed by atoms with Gasteiger partial charge in [-0.15, -0.1) is 11.3 Å². The second-order valence-corrected chi connectivity index (χ2v) is 7.73. The molecule has 0 spiro atoms. The minimum atomic E-state index is -0.450. The van der Waals surface area contributed by atoms with Gasteiger partial charge in [0, 0.05) is 0 Å². The first kappa shape index (κ1) is 18.5. The maximum absolute atomic E-state index is 11.5. The summed E-state index contributed by atoms with van der Waals surface area (Å²) < 4.78 is 6.28. The first-order valence-electron chi connectivity index (χ1n) is 8.87. The van der Waals surface area contributed by atoms with Crippen LogP contribution in [0.15, 0.2) is 97.1 Å². The van der Waals surface area contributed by atoms with Crippen molar-refractivity contribution in [2.24, 2.45) is 0 Å². The number of carbonyl (C=O) groups is 1. The normalized spacial score (nSPS) is 11.8. The molecule has 0 radical (unpaired) electrons. The highest BCUT2D eigenvalue weighted by Gasteiger charge is 2.20.